The Balaban J connectivity index is 1.72. The largest absolute Gasteiger partial charge is 0.497 e. The van der Waals surface area contributed by atoms with Crippen molar-refractivity contribution in [3.8, 4) is 11.5 Å². The fourth-order valence-corrected chi connectivity index (χ4v) is 4.54. The van der Waals surface area contributed by atoms with E-state index in [0.29, 0.717) is 34.0 Å². The molecule has 3 aromatic rings. The van der Waals surface area contributed by atoms with Crippen molar-refractivity contribution in [2.24, 2.45) is 0 Å². The number of rotatable bonds is 7. The van der Waals surface area contributed by atoms with Gasteiger partial charge in [-0.1, -0.05) is 0 Å². The minimum absolute atomic E-state index is 0.0676. The molecule has 0 saturated carbocycles. The molecule has 2 aromatic heterocycles. The third-order valence-corrected chi connectivity index (χ3v) is 6.31. The first-order chi connectivity index (χ1) is 12.9. The second-order valence-corrected chi connectivity index (χ2v) is 8.15. The monoisotopic (exact) mass is 404 g/mol. The molecule has 0 atom stereocenters. The van der Waals surface area contributed by atoms with Crippen molar-refractivity contribution in [1.29, 1.82) is 0 Å². The highest BCUT2D eigenvalue weighted by molar-refractivity contribution is 7.99. The molecule has 3 rings (SSSR count). The number of Topliss-reactive ketones (excluding diaryl/α,β-unsaturated/α-hetero) is 1. The van der Waals surface area contributed by atoms with E-state index in [0.717, 1.165) is 15.3 Å². The number of hydrogen-bond donors (Lipinski definition) is 1. The van der Waals surface area contributed by atoms with Crippen LogP contribution in [-0.2, 0) is 5.75 Å². The minimum atomic E-state index is -0.127. The van der Waals surface area contributed by atoms with Gasteiger partial charge in [0.05, 0.1) is 36.7 Å². The van der Waals surface area contributed by atoms with Crippen LogP contribution in [-0.4, -0.2) is 35.7 Å². The quantitative estimate of drug-likeness (QED) is 0.604. The van der Waals surface area contributed by atoms with Crippen LogP contribution in [0, 0.1) is 13.8 Å². The van der Waals surface area contributed by atoms with Gasteiger partial charge >= 0.3 is 0 Å². The Bertz CT molecular complexity index is 1060. The summed E-state index contributed by atoms with van der Waals surface area (Å²) >= 11 is 2.91. The van der Waals surface area contributed by atoms with Crippen LogP contribution >= 0.6 is 23.1 Å². The summed E-state index contributed by atoms with van der Waals surface area (Å²) in [4.78, 5) is 34.1. The van der Waals surface area contributed by atoms with Crippen molar-refractivity contribution in [2.45, 2.75) is 19.6 Å². The predicted octanol–water partition coefficient (Wildman–Crippen LogP) is 3.73. The van der Waals surface area contributed by atoms with E-state index in [-0.39, 0.29) is 17.1 Å². The minimum Gasteiger partial charge on any atom is -0.497 e. The van der Waals surface area contributed by atoms with E-state index in [2.05, 4.69) is 9.97 Å². The number of carbonyl (C=O) groups is 1. The van der Waals surface area contributed by atoms with Crippen LogP contribution in [0.3, 0.4) is 0 Å². The number of nitrogens with one attached hydrogen (secondary N) is 1. The molecule has 0 spiro atoms. The lowest BCUT2D eigenvalue weighted by atomic mass is 10.1. The zero-order valence-corrected chi connectivity index (χ0v) is 17.2. The summed E-state index contributed by atoms with van der Waals surface area (Å²) < 4.78 is 10.4. The number of hydrogen-bond acceptors (Lipinski definition) is 7. The molecule has 2 heterocycles. The van der Waals surface area contributed by atoms with Gasteiger partial charge in [-0.05, 0) is 37.6 Å². The molecule has 0 aliphatic carbocycles. The number of fused-ring (bicyclic) bond motifs is 1. The first kappa shape index (κ1) is 19.4. The molecule has 0 unspecified atom stereocenters. The van der Waals surface area contributed by atoms with Crippen LogP contribution in [0.1, 0.15) is 26.6 Å². The van der Waals surface area contributed by atoms with Gasteiger partial charge < -0.3 is 14.5 Å². The van der Waals surface area contributed by atoms with Gasteiger partial charge in [-0.15, -0.1) is 23.1 Å². The maximum atomic E-state index is 12.6. The smallest absolute Gasteiger partial charge is 0.259 e. The normalized spacial score (nSPS) is 11.0. The summed E-state index contributed by atoms with van der Waals surface area (Å²) in [5.41, 5.74) is 1.33. The third kappa shape index (κ3) is 4.01. The van der Waals surface area contributed by atoms with Gasteiger partial charge in [0.2, 0.25) is 0 Å². The Labute approximate surface area is 164 Å². The maximum absolute atomic E-state index is 12.6. The summed E-state index contributed by atoms with van der Waals surface area (Å²) in [5.74, 6) is 2.31. The second-order valence-electron chi connectivity index (χ2n) is 5.96. The average Bonchev–Trinajstić information content (AvgIpc) is 2.95. The van der Waals surface area contributed by atoms with Crippen LogP contribution in [0.15, 0.2) is 23.0 Å². The molecule has 142 valence electrons. The number of aromatic nitrogens is 2. The van der Waals surface area contributed by atoms with Crippen molar-refractivity contribution in [3.05, 3.63) is 50.4 Å². The number of methoxy groups -OCH3 is 2. The molecular weight excluding hydrogens is 384 g/mol. The molecule has 0 saturated heterocycles. The highest BCUT2D eigenvalue weighted by Gasteiger charge is 2.15. The number of aryl methyl sites for hydroxylation is 2. The summed E-state index contributed by atoms with van der Waals surface area (Å²) in [5, 5.41) is 0.656. The molecule has 1 aromatic carbocycles. The molecule has 6 nitrogen and oxygen atoms in total. The van der Waals surface area contributed by atoms with E-state index in [1.54, 1.807) is 25.3 Å². The molecule has 0 radical (unpaired) electrons. The van der Waals surface area contributed by atoms with Crippen molar-refractivity contribution < 1.29 is 14.3 Å². The highest BCUT2D eigenvalue weighted by Crippen LogP contribution is 2.27. The van der Waals surface area contributed by atoms with E-state index in [1.807, 2.05) is 13.8 Å². The van der Waals surface area contributed by atoms with Crippen molar-refractivity contribution in [1.82, 2.24) is 9.97 Å². The van der Waals surface area contributed by atoms with E-state index in [9.17, 15) is 9.59 Å². The molecule has 8 heteroatoms. The van der Waals surface area contributed by atoms with Crippen molar-refractivity contribution >= 4 is 39.1 Å². The van der Waals surface area contributed by atoms with Crippen LogP contribution in [0.5, 0.6) is 11.5 Å². The van der Waals surface area contributed by atoms with E-state index in [4.69, 9.17) is 9.47 Å². The van der Waals surface area contributed by atoms with Gasteiger partial charge in [-0.25, -0.2) is 4.98 Å². The Morgan fingerprint density at radius 1 is 1.26 bits per heavy atom. The second kappa shape index (κ2) is 8.14. The fraction of sp³-hybridized carbons (Fsp3) is 0.316. The van der Waals surface area contributed by atoms with Gasteiger partial charge in [0.1, 0.15) is 22.2 Å². The number of benzene rings is 1. The lowest BCUT2D eigenvalue weighted by Gasteiger charge is -2.09. The van der Waals surface area contributed by atoms with Crippen molar-refractivity contribution in [2.75, 3.05) is 20.0 Å². The van der Waals surface area contributed by atoms with Gasteiger partial charge in [0.15, 0.2) is 5.78 Å². The van der Waals surface area contributed by atoms with Crippen LogP contribution in [0.2, 0.25) is 0 Å². The van der Waals surface area contributed by atoms with Gasteiger partial charge in [0.25, 0.3) is 5.56 Å². The van der Waals surface area contributed by atoms with Crippen molar-refractivity contribution in [3.63, 3.8) is 0 Å². The molecule has 27 heavy (non-hydrogen) atoms. The van der Waals surface area contributed by atoms with Gasteiger partial charge in [0, 0.05) is 4.88 Å². The fourth-order valence-electron chi connectivity index (χ4n) is 2.72. The zero-order chi connectivity index (χ0) is 19.6. The highest BCUT2D eigenvalue weighted by atomic mass is 32.2. The summed E-state index contributed by atoms with van der Waals surface area (Å²) in [6, 6.07) is 5.13. The molecular formula is C19H20N2O4S2. The van der Waals surface area contributed by atoms with E-state index >= 15 is 0 Å². The molecule has 0 aliphatic heterocycles. The predicted molar refractivity (Wildman–Crippen MR) is 110 cm³/mol. The molecule has 1 N–H and O–H groups in total. The Morgan fingerprint density at radius 2 is 2.04 bits per heavy atom. The Kier molecular flexibility index (Phi) is 5.86. The first-order valence-electron chi connectivity index (χ1n) is 8.26. The lowest BCUT2D eigenvalue weighted by Crippen LogP contribution is -2.11. The number of thiophene rings is 1. The first-order valence-corrected chi connectivity index (χ1v) is 10.2. The Morgan fingerprint density at radius 3 is 2.74 bits per heavy atom. The number of H-pyrrole nitrogens is 1. The van der Waals surface area contributed by atoms with Crippen LogP contribution in [0.4, 0.5) is 0 Å². The number of ketones is 1. The standard InChI is InChI=1S/C19H20N2O4S2/c1-10-11(2)27-19-17(10)18(23)20-16(21-19)9-26-8-14(22)13-7-12(24-3)5-6-15(13)25-4/h5-7H,8-9H2,1-4H3,(H,20,21,23). The number of aromatic amines is 1. The number of carbonyl (C=O) groups excluding carboxylic acids is 1. The molecule has 0 aliphatic rings. The van der Waals surface area contributed by atoms with E-state index < -0.39 is 0 Å². The molecule has 0 amide bonds. The van der Waals surface area contributed by atoms with Crippen LogP contribution < -0.4 is 15.0 Å². The lowest BCUT2D eigenvalue weighted by molar-refractivity contribution is 0.101. The van der Waals surface area contributed by atoms with Gasteiger partial charge in [-0.3, -0.25) is 9.59 Å². The third-order valence-electron chi connectivity index (χ3n) is 4.27. The maximum Gasteiger partial charge on any atom is 0.259 e. The Hall–Kier alpha value is -2.32. The SMILES string of the molecule is COc1ccc(OC)c(C(=O)CSCc2nc3sc(C)c(C)c3c(=O)[nH]2)c1. The molecule has 0 bridgehead atoms. The van der Waals surface area contributed by atoms with E-state index in [1.165, 1.54) is 30.2 Å². The zero-order valence-electron chi connectivity index (χ0n) is 15.5. The van der Waals surface area contributed by atoms with Crippen LogP contribution in [0.25, 0.3) is 10.2 Å². The summed E-state index contributed by atoms with van der Waals surface area (Å²) in [6.45, 7) is 3.91. The number of nitrogens with zero attached hydrogens (tertiary/aromatic N) is 1. The number of thioether (sulfide) groups is 1. The molecule has 0 fully saturated rings. The number of ether oxygens (including phenoxy) is 2. The van der Waals surface area contributed by atoms with Gasteiger partial charge in [-0.2, -0.15) is 0 Å². The topological polar surface area (TPSA) is 81.3 Å². The summed E-state index contributed by atoms with van der Waals surface area (Å²) in [7, 11) is 3.08. The summed E-state index contributed by atoms with van der Waals surface area (Å²) in [6.07, 6.45) is 0. The average molecular weight is 405 g/mol.